The van der Waals surface area contributed by atoms with Gasteiger partial charge in [-0.3, -0.25) is 0 Å². The minimum absolute atomic E-state index is 0.0994. The molecular weight excluding hydrogens is 697 g/mol. The van der Waals surface area contributed by atoms with E-state index >= 15 is 0 Å². The fourth-order valence-corrected chi connectivity index (χ4v) is 8.88. The van der Waals surface area contributed by atoms with E-state index in [4.69, 9.17) is 23.2 Å². The Morgan fingerprint density at radius 1 is 0.481 bits per heavy atom. The van der Waals surface area contributed by atoms with Gasteiger partial charge in [-0.05, 0) is 96.6 Å². The minimum Gasteiger partial charge on any atom is -0.354 e. The molecule has 9 rings (SSSR count). The Balaban J connectivity index is 1.31. The van der Waals surface area contributed by atoms with E-state index < -0.39 is 0 Å². The Morgan fingerprint density at radius 2 is 0.981 bits per heavy atom. The average Bonchev–Trinajstić information content (AvgIpc) is 3.72. The molecule has 266 valence electrons. The van der Waals surface area contributed by atoms with Crippen LogP contribution in [0.1, 0.15) is 63.8 Å². The smallest absolute Gasteiger partial charge is 0.0557 e. The molecule has 54 heavy (non-hydrogen) atoms. The largest absolute Gasteiger partial charge is 0.354 e. The summed E-state index contributed by atoms with van der Waals surface area (Å²) >= 11 is 14.3. The zero-order chi connectivity index (χ0) is 37.5. The lowest BCUT2D eigenvalue weighted by Gasteiger charge is -2.19. The summed E-state index contributed by atoms with van der Waals surface area (Å²) in [4.78, 5) is 3.96. The number of aromatic amines is 1. The van der Waals surface area contributed by atoms with Crippen molar-refractivity contribution in [2.75, 3.05) is 0 Å². The Morgan fingerprint density at radius 3 is 1.54 bits per heavy atom. The highest BCUT2D eigenvalue weighted by Crippen LogP contribution is 2.55. The van der Waals surface area contributed by atoms with Crippen LogP contribution in [0, 0.1) is 0 Å². The van der Waals surface area contributed by atoms with Crippen molar-refractivity contribution in [1.82, 2.24) is 4.98 Å². The third kappa shape index (κ3) is 5.77. The molecule has 1 heterocycles. The third-order valence-corrected chi connectivity index (χ3v) is 12.0. The number of hydrogen-bond acceptors (Lipinski definition) is 0. The first kappa shape index (κ1) is 34.7. The standard InChI is InChI=1S/C51H43Cl2N/c1-50(2,3)35-21-15-30(16-22-35)32-19-25-37-34(27-32)28-41-45(37)47(39-12-8-10-14-43(39)53)49-48(46(41)38-11-7-9-13-42(38)52)40-26-20-33(29-44(40)54-49)31-17-23-36(24-18-31)51(4,5)6/h7-27,29,54H,28H2,1-6H3. The van der Waals surface area contributed by atoms with Gasteiger partial charge in [0.05, 0.1) is 5.52 Å². The SMILES string of the molecule is CC(C)(C)c1ccc(-c2ccc3c(c2)Cc2c-3c(-c3ccccc3Cl)c3[nH]c4cc(-c5ccc(C(C)(C)C)cc5)ccc4c3c2-c2ccccc2Cl)cc1. The van der Waals surface area contributed by atoms with Gasteiger partial charge in [-0.2, -0.15) is 0 Å². The third-order valence-electron chi connectivity index (χ3n) is 11.3. The molecule has 0 radical (unpaired) electrons. The molecule has 0 saturated carbocycles. The molecule has 8 aromatic rings. The molecule has 1 nitrogen and oxygen atoms in total. The fraction of sp³-hybridized carbons (Fsp3) is 0.176. The van der Waals surface area contributed by atoms with E-state index in [0.29, 0.717) is 0 Å². The maximum Gasteiger partial charge on any atom is 0.0557 e. The van der Waals surface area contributed by atoms with Gasteiger partial charge >= 0.3 is 0 Å². The molecule has 1 aliphatic carbocycles. The first-order valence-corrected chi connectivity index (χ1v) is 19.6. The van der Waals surface area contributed by atoms with Crippen LogP contribution in [0.15, 0.2) is 133 Å². The van der Waals surface area contributed by atoms with Crippen molar-refractivity contribution in [3.8, 4) is 55.6 Å². The van der Waals surface area contributed by atoms with E-state index in [1.165, 1.54) is 72.0 Å². The first-order valence-electron chi connectivity index (χ1n) is 18.9. The lowest BCUT2D eigenvalue weighted by atomic mass is 9.85. The number of hydrogen-bond donors (Lipinski definition) is 1. The van der Waals surface area contributed by atoms with Crippen LogP contribution in [0.4, 0.5) is 0 Å². The second-order valence-corrected chi connectivity index (χ2v) is 17.7. The second-order valence-electron chi connectivity index (χ2n) is 16.9. The van der Waals surface area contributed by atoms with Gasteiger partial charge in [0.1, 0.15) is 0 Å². The van der Waals surface area contributed by atoms with Crippen molar-refractivity contribution in [3.05, 3.63) is 166 Å². The van der Waals surface area contributed by atoms with Crippen LogP contribution >= 0.6 is 23.2 Å². The van der Waals surface area contributed by atoms with Gasteiger partial charge in [-0.1, -0.05) is 180 Å². The first-order chi connectivity index (χ1) is 25.9. The number of halogens is 2. The maximum absolute atomic E-state index is 7.14. The molecular formula is C51H43Cl2N. The Kier molecular flexibility index (Phi) is 8.19. The summed E-state index contributed by atoms with van der Waals surface area (Å²) in [6.45, 7) is 13.6. The van der Waals surface area contributed by atoms with E-state index in [9.17, 15) is 0 Å². The summed E-state index contributed by atoms with van der Waals surface area (Å²) in [6.07, 6.45) is 0.789. The van der Waals surface area contributed by atoms with E-state index in [2.05, 4.69) is 156 Å². The number of nitrogens with one attached hydrogen (secondary N) is 1. The van der Waals surface area contributed by atoms with Gasteiger partial charge in [0, 0.05) is 43.0 Å². The van der Waals surface area contributed by atoms with Crippen molar-refractivity contribution < 1.29 is 0 Å². The summed E-state index contributed by atoms with van der Waals surface area (Å²) in [7, 11) is 0. The normalized spacial score (nSPS) is 12.7. The minimum atomic E-state index is 0.0994. The topological polar surface area (TPSA) is 15.8 Å². The lowest BCUT2D eigenvalue weighted by molar-refractivity contribution is 0.590. The number of fused-ring (bicyclic) bond motifs is 6. The molecule has 0 amide bonds. The molecule has 1 aliphatic rings. The highest BCUT2D eigenvalue weighted by molar-refractivity contribution is 6.36. The molecule has 1 N–H and O–H groups in total. The summed E-state index contributed by atoms with van der Waals surface area (Å²) in [5.41, 5.74) is 19.3. The number of H-pyrrole nitrogens is 1. The molecule has 7 aromatic carbocycles. The molecule has 0 fully saturated rings. The van der Waals surface area contributed by atoms with Crippen LogP contribution in [-0.2, 0) is 17.3 Å². The Labute approximate surface area is 328 Å². The van der Waals surface area contributed by atoms with Crippen LogP contribution in [0.25, 0.3) is 77.4 Å². The van der Waals surface area contributed by atoms with Gasteiger partial charge in [0.2, 0.25) is 0 Å². The van der Waals surface area contributed by atoms with E-state index in [0.717, 1.165) is 44.2 Å². The zero-order valence-corrected chi connectivity index (χ0v) is 33.2. The van der Waals surface area contributed by atoms with Crippen LogP contribution in [-0.4, -0.2) is 4.98 Å². The average molecular weight is 741 g/mol. The molecule has 0 atom stereocenters. The summed E-state index contributed by atoms with van der Waals surface area (Å²) in [6, 6.07) is 48.4. The highest BCUT2D eigenvalue weighted by atomic mass is 35.5. The van der Waals surface area contributed by atoms with Gasteiger partial charge in [-0.25, -0.2) is 0 Å². The van der Waals surface area contributed by atoms with Gasteiger partial charge in [0.15, 0.2) is 0 Å². The summed E-state index contributed by atoms with van der Waals surface area (Å²) in [5.74, 6) is 0. The van der Waals surface area contributed by atoms with Crippen LogP contribution < -0.4 is 0 Å². The molecule has 0 bridgehead atoms. The van der Waals surface area contributed by atoms with Crippen molar-refractivity contribution in [1.29, 1.82) is 0 Å². The summed E-state index contributed by atoms with van der Waals surface area (Å²) in [5, 5.41) is 3.81. The van der Waals surface area contributed by atoms with Gasteiger partial charge < -0.3 is 4.98 Å². The maximum atomic E-state index is 7.14. The van der Waals surface area contributed by atoms with Crippen LogP contribution in [0.3, 0.4) is 0 Å². The molecule has 0 saturated heterocycles. The van der Waals surface area contributed by atoms with Crippen molar-refractivity contribution >= 4 is 45.0 Å². The lowest BCUT2D eigenvalue weighted by Crippen LogP contribution is -2.10. The predicted molar refractivity (Wildman–Crippen MR) is 233 cm³/mol. The number of benzene rings is 7. The van der Waals surface area contributed by atoms with Crippen molar-refractivity contribution in [2.24, 2.45) is 0 Å². The number of aromatic nitrogens is 1. The van der Waals surface area contributed by atoms with E-state index in [1.54, 1.807) is 0 Å². The molecule has 3 heteroatoms. The van der Waals surface area contributed by atoms with Crippen LogP contribution in [0.2, 0.25) is 10.0 Å². The monoisotopic (exact) mass is 739 g/mol. The highest BCUT2D eigenvalue weighted by Gasteiger charge is 2.32. The molecule has 1 aromatic heterocycles. The molecule has 0 unspecified atom stereocenters. The Bertz CT molecular complexity index is 2750. The van der Waals surface area contributed by atoms with Crippen molar-refractivity contribution in [2.45, 2.75) is 58.8 Å². The summed E-state index contributed by atoms with van der Waals surface area (Å²) < 4.78 is 0. The van der Waals surface area contributed by atoms with E-state index in [1.807, 2.05) is 24.3 Å². The fourth-order valence-electron chi connectivity index (χ4n) is 8.42. The van der Waals surface area contributed by atoms with E-state index in [-0.39, 0.29) is 10.8 Å². The van der Waals surface area contributed by atoms with Gasteiger partial charge in [-0.15, -0.1) is 0 Å². The predicted octanol–water partition coefficient (Wildman–Crippen LogP) is 15.5. The molecule has 0 spiro atoms. The quantitative estimate of drug-likeness (QED) is 0.185. The number of rotatable bonds is 4. The molecule has 0 aliphatic heterocycles. The zero-order valence-electron chi connectivity index (χ0n) is 31.7. The van der Waals surface area contributed by atoms with Crippen molar-refractivity contribution in [3.63, 3.8) is 0 Å². The Hall–Kier alpha value is -5.08. The van der Waals surface area contributed by atoms with Gasteiger partial charge in [0.25, 0.3) is 0 Å². The second kappa shape index (κ2) is 12.8. The van der Waals surface area contributed by atoms with Crippen LogP contribution in [0.5, 0.6) is 0 Å².